The second kappa shape index (κ2) is 3.14. The Morgan fingerprint density at radius 3 is 2.00 bits per heavy atom. The van der Waals surface area contributed by atoms with Gasteiger partial charge in [-0.3, -0.25) is 4.57 Å². The molecule has 0 atom stereocenters. The van der Waals surface area contributed by atoms with Crippen molar-refractivity contribution in [1.82, 2.24) is 0 Å². The molecule has 0 unspecified atom stereocenters. The molecule has 0 aromatic heterocycles. The molecule has 0 aliphatic heterocycles. The number of hydrogen-bond acceptors (Lipinski definition) is 1. The number of benzene rings is 1. The minimum absolute atomic E-state index is 0.252. The van der Waals surface area contributed by atoms with Gasteiger partial charge < -0.3 is 0 Å². The summed E-state index contributed by atoms with van der Waals surface area (Å²) in [6.07, 6.45) is 0. The van der Waals surface area contributed by atoms with Gasteiger partial charge in [0, 0.05) is 5.30 Å². The monoisotopic (exact) mass is 212 g/mol. The van der Waals surface area contributed by atoms with Crippen LogP contribution in [0.4, 0.5) is 4.39 Å². The topological polar surface area (TPSA) is 17.1 Å². The first-order chi connectivity index (χ1) is 5.00. The van der Waals surface area contributed by atoms with E-state index in [0.29, 0.717) is 0 Å². The molecule has 1 aromatic rings. The van der Waals surface area contributed by atoms with E-state index in [9.17, 15) is 8.96 Å². The quantitative estimate of drug-likeness (QED) is 0.655. The van der Waals surface area contributed by atoms with Crippen molar-refractivity contribution in [1.29, 1.82) is 0 Å². The van der Waals surface area contributed by atoms with Gasteiger partial charge in [-0.2, -0.15) is 0 Å². The molecule has 11 heavy (non-hydrogen) atoms. The van der Waals surface area contributed by atoms with Gasteiger partial charge in [-0.1, -0.05) is 0 Å². The molecule has 0 N–H and O–H groups in total. The molecule has 5 heteroatoms. The van der Waals surface area contributed by atoms with Crippen LogP contribution in [-0.2, 0) is 4.57 Å². The van der Waals surface area contributed by atoms with Gasteiger partial charge in [-0.15, -0.1) is 0 Å². The summed E-state index contributed by atoms with van der Waals surface area (Å²) >= 11 is 10.6. The fourth-order valence-corrected chi connectivity index (χ4v) is 1.79. The predicted molar refractivity (Wildman–Crippen MR) is 45.3 cm³/mol. The van der Waals surface area contributed by atoms with E-state index in [2.05, 4.69) is 0 Å². The highest BCUT2D eigenvalue weighted by molar-refractivity contribution is 8.13. The standard InChI is InChI=1S/C6H4Cl2FOP/c7-11(8,10)6-3-1-5(9)2-4-6/h1-4H. The Kier molecular flexibility index (Phi) is 2.58. The zero-order chi connectivity index (χ0) is 8.48. The van der Waals surface area contributed by atoms with Crippen LogP contribution in [0.25, 0.3) is 0 Å². The second-order valence-corrected chi connectivity index (χ2v) is 6.76. The molecule has 0 bridgehead atoms. The summed E-state index contributed by atoms with van der Waals surface area (Å²) in [5.74, 6) is -3.67. The highest BCUT2D eigenvalue weighted by Crippen LogP contribution is 2.54. The Hall–Kier alpha value is -0.0400. The minimum atomic E-state index is -3.26. The molecule has 0 spiro atoms. The lowest BCUT2D eigenvalue weighted by Crippen LogP contribution is -1.95. The molecule has 0 amide bonds. The molecule has 0 heterocycles. The molecule has 0 aliphatic rings. The number of halogens is 3. The van der Waals surface area contributed by atoms with E-state index in [0.717, 1.165) is 12.1 Å². The van der Waals surface area contributed by atoms with Crippen LogP contribution >= 0.6 is 28.3 Å². The average Bonchev–Trinajstić information content (AvgIpc) is 1.86. The van der Waals surface area contributed by atoms with Crippen molar-refractivity contribution < 1.29 is 8.96 Å². The fourth-order valence-electron chi connectivity index (χ4n) is 0.615. The summed E-state index contributed by atoms with van der Waals surface area (Å²) in [7, 11) is 0. The van der Waals surface area contributed by atoms with Crippen LogP contribution in [0.15, 0.2) is 24.3 Å². The Morgan fingerprint density at radius 1 is 1.18 bits per heavy atom. The Balaban J connectivity index is 3.09. The van der Waals surface area contributed by atoms with Gasteiger partial charge in [0.25, 0.3) is 5.85 Å². The van der Waals surface area contributed by atoms with E-state index in [1.807, 2.05) is 0 Å². The van der Waals surface area contributed by atoms with E-state index in [1.54, 1.807) is 0 Å². The second-order valence-electron chi connectivity index (χ2n) is 1.94. The SMILES string of the molecule is O=P(Cl)(Cl)c1ccc(F)cc1. The van der Waals surface area contributed by atoms with E-state index in [-0.39, 0.29) is 5.30 Å². The molecule has 1 rings (SSSR count). The fraction of sp³-hybridized carbons (Fsp3) is 0. The van der Waals surface area contributed by atoms with Gasteiger partial charge in [-0.25, -0.2) is 4.39 Å². The third kappa shape index (κ3) is 2.48. The number of hydrogen-bond donors (Lipinski definition) is 0. The van der Waals surface area contributed by atoms with Gasteiger partial charge >= 0.3 is 0 Å². The molecule has 0 radical (unpaired) electrons. The van der Waals surface area contributed by atoms with Crippen LogP contribution in [0, 0.1) is 5.82 Å². The van der Waals surface area contributed by atoms with Crippen molar-refractivity contribution in [2.24, 2.45) is 0 Å². The maximum absolute atomic E-state index is 12.3. The molecule has 0 aliphatic carbocycles. The Labute approximate surface area is 73.1 Å². The molecule has 1 nitrogen and oxygen atoms in total. The maximum Gasteiger partial charge on any atom is 0.281 e. The summed E-state index contributed by atoms with van der Waals surface area (Å²) in [5.41, 5.74) is 0. The average molecular weight is 213 g/mol. The molecule has 1 aromatic carbocycles. The summed E-state index contributed by atoms with van der Waals surface area (Å²) in [6.45, 7) is 0. The van der Waals surface area contributed by atoms with E-state index in [1.165, 1.54) is 12.1 Å². The molecular formula is C6H4Cl2FOP. The zero-order valence-corrected chi connectivity index (χ0v) is 7.71. The van der Waals surface area contributed by atoms with Gasteiger partial charge in [0.2, 0.25) is 0 Å². The lowest BCUT2D eigenvalue weighted by atomic mass is 10.4. The van der Waals surface area contributed by atoms with Crippen molar-refractivity contribution in [2.75, 3.05) is 0 Å². The van der Waals surface area contributed by atoms with Gasteiger partial charge in [0.15, 0.2) is 0 Å². The summed E-state index contributed by atoms with van der Waals surface area (Å²) in [5, 5.41) is 0.252. The summed E-state index contributed by atoms with van der Waals surface area (Å²) < 4.78 is 23.2. The van der Waals surface area contributed by atoms with Gasteiger partial charge in [0.1, 0.15) is 5.82 Å². The van der Waals surface area contributed by atoms with E-state index in [4.69, 9.17) is 22.5 Å². The van der Waals surface area contributed by atoms with E-state index >= 15 is 0 Å². The number of rotatable bonds is 1. The first-order valence-electron chi connectivity index (χ1n) is 2.75. The van der Waals surface area contributed by atoms with Gasteiger partial charge in [-0.05, 0) is 46.7 Å². The van der Waals surface area contributed by atoms with Crippen molar-refractivity contribution in [2.45, 2.75) is 0 Å². The molecule has 0 saturated carbocycles. The molecular weight excluding hydrogens is 209 g/mol. The predicted octanol–water partition coefficient (Wildman–Crippen LogP) is 3.12. The first kappa shape index (κ1) is 9.05. The smallest absolute Gasteiger partial charge is 0.281 e. The third-order valence-electron chi connectivity index (χ3n) is 1.13. The van der Waals surface area contributed by atoms with Gasteiger partial charge in [0.05, 0.1) is 0 Å². The third-order valence-corrected chi connectivity index (χ3v) is 3.20. The van der Waals surface area contributed by atoms with Crippen LogP contribution < -0.4 is 5.30 Å². The van der Waals surface area contributed by atoms with Crippen molar-refractivity contribution in [3.8, 4) is 0 Å². The van der Waals surface area contributed by atoms with Crippen LogP contribution in [0.1, 0.15) is 0 Å². The maximum atomic E-state index is 12.3. The first-order valence-corrected chi connectivity index (χ1v) is 6.27. The van der Waals surface area contributed by atoms with Crippen molar-refractivity contribution in [3.05, 3.63) is 30.1 Å². The highest BCUT2D eigenvalue weighted by atomic mass is 35.9. The lowest BCUT2D eigenvalue weighted by molar-refractivity contribution is 0.597. The summed E-state index contributed by atoms with van der Waals surface area (Å²) in [4.78, 5) is 0. The minimum Gasteiger partial charge on any atom is -0.284 e. The van der Waals surface area contributed by atoms with Crippen molar-refractivity contribution in [3.63, 3.8) is 0 Å². The van der Waals surface area contributed by atoms with Crippen LogP contribution in [0.5, 0.6) is 0 Å². The normalized spacial score (nSPS) is 11.5. The van der Waals surface area contributed by atoms with E-state index < -0.39 is 11.7 Å². The molecule has 60 valence electrons. The van der Waals surface area contributed by atoms with Crippen LogP contribution in [0.3, 0.4) is 0 Å². The molecule has 0 fully saturated rings. The zero-order valence-electron chi connectivity index (χ0n) is 5.30. The van der Waals surface area contributed by atoms with Crippen LogP contribution in [-0.4, -0.2) is 0 Å². The molecule has 0 saturated heterocycles. The Morgan fingerprint density at radius 2 is 1.64 bits per heavy atom. The van der Waals surface area contributed by atoms with Crippen molar-refractivity contribution >= 4 is 33.6 Å². The Bertz CT molecular complexity index is 292. The lowest BCUT2D eigenvalue weighted by Gasteiger charge is -1.99. The van der Waals surface area contributed by atoms with Crippen LogP contribution in [0.2, 0.25) is 0 Å². The highest BCUT2D eigenvalue weighted by Gasteiger charge is 2.16. The summed E-state index contributed by atoms with van der Waals surface area (Å²) in [6, 6.07) is 4.92. The largest absolute Gasteiger partial charge is 0.284 e.